The molecular formula is C16H24N4. The summed E-state index contributed by atoms with van der Waals surface area (Å²) in [4.78, 5) is 6.84. The Morgan fingerprint density at radius 3 is 2.25 bits per heavy atom. The number of anilines is 2. The van der Waals surface area contributed by atoms with Gasteiger partial charge >= 0.3 is 0 Å². The van der Waals surface area contributed by atoms with Crippen LogP contribution in [-0.2, 0) is 0 Å². The van der Waals surface area contributed by atoms with E-state index in [2.05, 4.69) is 28.4 Å². The molecule has 4 nitrogen and oxygen atoms in total. The Bertz CT molecular complexity index is 456. The molecule has 4 fully saturated rings. The van der Waals surface area contributed by atoms with Gasteiger partial charge in [-0.3, -0.25) is 0 Å². The van der Waals surface area contributed by atoms with Crippen LogP contribution >= 0.6 is 0 Å². The number of nitrogens with zero attached hydrogens (tertiary/aromatic N) is 2. The second-order valence-electron chi connectivity index (χ2n) is 7.08. The first-order valence-electron chi connectivity index (χ1n) is 7.90. The highest BCUT2D eigenvalue weighted by Gasteiger charge is 2.49. The van der Waals surface area contributed by atoms with E-state index in [-0.39, 0.29) is 0 Å². The summed E-state index contributed by atoms with van der Waals surface area (Å²) >= 11 is 0. The van der Waals surface area contributed by atoms with Crippen LogP contribution in [-0.4, -0.2) is 18.1 Å². The monoisotopic (exact) mass is 272 g/mol. The molecule has 20 heavy (non-hydrogen) atoms. The van der Waals surface area contributed by atoms with Gasteiger partial charge in [-0.1, -0.05) is 0 Å². The Balaban J connectivity index is 1.57. The first-order chi connectivity index (χ1) is 9.74. The number of hydrogen-bond acceptors (Lipinski definition) is 4. The molecule has 1 aromatic rings. The van der Waals surface area contributed by atoms with Gasteiger partial charge in [0.05, 0.1) is 11.9 Å². The standard InChI is InChI=1S/C16H24N4/c1-20(14-2-3-15(19-17)18-9-14)16-12-5-10-4-11(7-12)8-13(16)6-10/h2-3,9-13,16H,4-8,17H2,1H3,(H,18,19). The average molecular weight is 272 g/mol. The quantitative estimate of drug-likeness (QED) is 0.656. The van der Waals surface area contributed by atoms with Crippen molar-refractivity contribution < 1.29 is 0 Å². The summed E-state index contributed by atoms with van der Waals surface area (Å²) in [5.41, 5.74) is 3.82. The average Bonchev–Trinajstić information content (AvgIpc) is 2.46. The van der Waals surface area contributed by atoms with Crippen LogP contribution in [0.4, 0.5) is 11.5 Å². The first kappa shape index (κ1) is 12.5. The van der Waals surface area contributed by atoms with Crippen molar-refractivity contribution >= 4 is 11.5 Å². The maximum absolute atomic E-state index is 5.39. The molecule has 1 aromatic heterocycles. The van der Waals surface area contributed by atoms with Crippen molar-refractivity contribution in [2.45, 2.75) is 38.1 Å². The second-order valence-corrected chi connectivity index (χ2v) is 7.08. The van der Waals surface area contributed by atoms with Crippen LogP contribution in [0, 0.1) is 23.7 Å². The van der Waals surface area contributed by atoms with E-state index in [0.717, 1.165) is 35.5 Å². The van der Waals surface area contributed by atoms with E-state index in [1.54, 1.807) is 0 Å². The minimum Gasteiger partial charge on any atom is -0.370 e. The van der Waals surface area contributed by atoms with Crippen molar-refractivity contribution in [1.82, 2.24) is 4.98 Å². The van der Waals surface area contributed by atoms with Gasteiger partial charge in [-0.25, -0.2) is 10.8 Å². The minimum absolute atomic E-state index is 0.723. The molecular weight excluding hydrogens is 248 g/mol. The molecule has 4 bridgehead atoms. The molecule has 5 rings (SSSR count). The van der Waals surface area contributed by atoms with Gasteiger partial charge in [0.25, 0.3) is 0 Å². The number of hydrazine groups is 1. The SMILES string of the molecule is CN(c1ccc(NN)nc1)C1C2CC3CC(C2)CC1C3. The molecule has 0 unspecified atom stereocenters. The van der Waals surface area contributed by atoms with E-state index in [9.17, 15) is 0 Å². The fraction of sp³-hybridized carbons (Fsp3) is 0.688. The number of aromatic nitrogens is 1. The van der Waals surface area contributed by atoms with E-state index in [1.807, 2.05) is 12.3 Å². The zero-order valence-electron chi connectivity index (χ0n) is 12.1. The van der Waals surface area contributed by atoms with Crippen LogP contribution in [0.1, 0.15) is 32.1 Å². The van der Waals surface area contributed by atoms with Gasteiger partial charge in [0.2, 0.25) is 0 Å². The maximum atomic E-state index is 5.39. The van der Waals surface area contributed by atoms with Crippen LogP contribution in [0.2, 0.25) is 0 Å². The van der Waals surface area contributed by atoms with Crippen LogP contribution < -0.4 is 16.2 Å². The fourth-order valence-electron chi connectivity index (χ4n) is 5.38. The molecule has 4 saturated carbocycles. The highest BCUT2D eigenvalue weighted by Crippen LogP contribution is 2.55. The number of hydrogen-bond donors (Lipinski definition) is 2. The Morgan fingerprint density at radius 1 is 1.10 bits per heavy atom. The molecule has 0 radical (unpaired) electrons. The van der Waals surface area contributed by atoms with Crippen molar-refractivity contribution in [2.75, 3.05) is 17.4 Å². The summed E-state index contributed by atoms with van der Waals surface area (Å²) in [5.74, 6) is 9.99. The van der Waals surface area contributed by atoms with E-state index < -0.39 is 0 Å². The highest BCUT2D eigenvalue weighted by atomic mass is 15.3. The maximum Gasteiger partial charge on any atom is 0.140 e. The van der Waals surface area contributed by atoms with Gasteiger partial charge < -0.3 is 10.3 Å². The smallest absolute Gasteiger partial charge is 0.140 e. The molecule has 0 spiro atoms. The van der Waals surface area contributed by atoms with E-state index in [4.69, 9.17) is 5.84 Å². The first-order valence-corrected chi connectivity index (χ1v) is 7.90. The van der Waals surface area contributed by atoms with E-state index >= 15 is 0 Å². The minimum atomic E-state index is 0.723. The van der Waals surface area contributed by atoms with Gasteiger partial charge in [0.15, 0.2) is 0 Å². The van der Waals surface area contributed by atoms with Crippen molar-refractivity contribution in [3.63, 3.8) is 0 Å². The number of nitrogens with one attached hydrogen (secondary N) is 1. The number of nitrogens with two attached hydrogens (primary N) is 1. The summed E-state index contributed by atoms with van der Waals surface area (Å²) in [7, 11) is 2.25. The predicted octanol–water partition coefficient (Wildman–Crippen LogP) is 2.63. The lowest BCUT2D eigenvalue weighted by molar-refractivity contribution is -0.00123. The van der Waals surface area contributed by atoms with Crippen LogP contribution in [0.15, 0.2) is 18.3 Å². The Hall–Kier alpha value is -1.29. The summed E-state index contributed by atoms with van der Waals surface area (Å²) in [6, 6.07) is 4.82. The normalized spacial score (nSPS) is 38.0. The Labute approximate surface area is 120 Å². The molecule has 0 aromatic carbocycles. The van der Waals surface area contributed by atoms with Gasteiger partial charge in [-0.05, 0) is 67.9 Å². The van der Waals surface area contributed by atoms with Crippen LogP contribution in [0.25, 0.3) is 0 Å². The molecule has 3 N–H and O–H groups in total. The molecule has 108 valence electrons. The molecule has 4 aliphatic carbocycles. The van der Waals surface area contributed by atoms with Gasteiger partial charge in [0.1, 0.15) is 5.82 Å². The van der Waals surface area contributed by atoms with Gasteiger partial charge in [-0.2, -0.15) is 0 Å². The molecule has 1 heterocycles. The number of rotatable bonds is 3. The van der Waals surface area contributed by atoms with Gasteiger partial charge in [-0.15, -0.1) is 0 Å². The molecule has 4 heteroatoms. The molecule has 0 saturated heterocycles. The second kappa shape index (κ2) is 4.62. The molecule has 0 atom stereocenters. The van der Waals surface area contributed by atoms with Crippen molar-refractivity contribution in [3.8, 4) is 0 Å². The Kier molecular flexibility index (Phi) is 2.88. The number of pyridine rings is 1. The topological polar surface area (TPSA) is 54.2 Å². The molecule has 0 aliphatic heterocycles. The van der Waals surface area contributed by atoms with Crippen molar-refractivity contribution in [1.29, 1.82) is 0 Å². The van der Waals surface area contributed by atoms with Crippen LogP contribution in [0.5, 0.6) is 0 Å². The van der Waals surface area contributed by atoms with E-state index in [0.29, 0.717) is 0 Å². The summed E-state index contributed by atoms with van der Waals surface area (Å²) < 4.78 is 0. The third-order valence-electron chi connectivity index (χ3n) is 5.93. The third kappa shape index (κ3) is 1.89. The molecule has 0 amide bonds. The van der Waals surface area contributed by atoms with Crippen molar-refractivity contribution in [2.24, 2.45) is 29.5 Å². The fourth-order valence-corrected chi connectivity index (χ4v) is 5.38. The summed E-state index contributed by atoms with van der Waals surface area (Å²) in [5, 5.41) is 0. The number of nitrogen functional groups attached to an aromatic ring is 1. The zero-order valence-corrected chi connectivity index (χ0v) is 12.1. The van der Waals surface area contributed by atoms with Crippen molar-refractivity contribution in [3.05, 3.63) is 18.3 Å². The lowest BCUT2D eigenvalue weighted by Gasteiger charge is -2.57. The van der Waals surface area contributed by atoms with Crippen LogP contribution in [0.3, 0.4) is 0 Å². The predicted molar refractivity (Wildman–Crippen MR) is 81.3 cm³/mol. The van der Waals surface area contributed by atoms with E-state index in [1.165, 1.54) is 37.8 Å². The zero-order chi connectivity index (χ0) is 13.7. The largest absolute Gasteiger partial charge is 0.370 e. The lowest BCUT2D eigenvalue weighted by atomic mass is 9.54. The lowest BCUT2D eigenvalue weighted by Crippen LogP contribution is -2.55. The summed E-state index contributed by atoms with van der Waals surface area (Å²) in [6.45, 7) is 0. The molecule has 4 aliphatic rings. The van der Waals surface area contributed by atoms with Gasteiger partial charge in [0, 0.05) is 13.1 Å². The third-order valence-corrected chi connectivity index (χ3v) is 5.93. The Morgan fingerprint density at radius 2 is 1.75 bits per heavy atom. The summed E-state index contributed by atoms with van der Waals surface area (Å²) in [6.07, 6.45) is 9.29. The highest BCUT2D eigenvalue weighted by molar-refractivity contribution is 5.49.